The summed E-state index contributed by atoms with van der Waals surface area (Å²) in [5, 5.41) is 9.94. The molecular formula is C25H23F2N5O2. The number of nitrogens with zero attached hydrogens (tertiary/aromatic N) is 5. The van der Waals surface area contributed by atoms with Crippen LogP contribution in [0.5, 0.6) is 5.75 Å². The Labute approximate surface area is 193 Å². The van der Waals surface area contributed by atoms with Crippen molar-refractivity contribution in [3.05, 3.63) is 71.3 Å². The Morgan fingerprint density at radius 1 is 1.00 bits per heavy atom. The molecule has 5 aromatic rings. The summed E-state index contributed by atoms with van der Waals surface area (Å²) >= 11 is 0. The van der Waals surface area contributed by atoms with Gasteiger partial charge in [0, 0.05) is 31.4 Å². The molecule has 5 rings (SSSR count). The first-order valence-corrected chi connectivity index (χ1v) is 10.9. The third-order valence-electron chi connectivity index (χ3n) is 5.57. The molecule has 3 heterocycles. The van der Waals surface area contributed by atoms with Crippen LogP contribution in [0.4, 0.5) is 8.78 Å². The molecule has 2 aromatic carbocycles. The van der Waals surface area contributed by atoms with E-state index in [1.54, 1.807) is 16.8 Å². The van der Waals surface area contributed by atoms with E-state index in [4.69, 9.17) is 0 Å². The molecule has 0 saturated carbocycles. The van der Waals surface area contributed by atoms with Crippen LogP contribution in [0.25, 0.3) is 38.8 Å². The van der Waals surface area contributed by atoms with Crippen LogP contribution < -0.4 is 10.3 Å². The Kier molecular flexibility index (Phi) is 5.39. The summed E-state index contributed by atoms with van der Waals surface area (Å²) in [7, 11) is 1.84. The van der Waals surface area contributed by atoms with E-state index < -0.39 is 6.61 Å². The van der Waals surface area contributed by atoms with Crippen molar-refractivity contribution < 1.29 is 13.5 Å². The number of rotatable bonds is 6. The Hall–Kier alpha value is -4.01. The molecule has 0 amide bonds. The summed E-state index contributed by atoms with van der Waals surface area (Å²) in [6.45, 7) is 1.98. The van der Waals surface area contributed by atoms with Gasteiger partial charge < -0.3 is 9.30 Å². The predicted octanol–water partition coefficient (Wildman–Crippen LogP) is 5.00. The van der Waals surface area contributed by atoms with Crippen molar-refractivity contribution in [1.29, 1.82) is 0 Å². The molecular weight excluding hydrogens is 440 g/mol. The van der Waals surface area contributed by atoms with Crippen molar-refractivity contribution in [2.75, 3.05) is 0 Å². The Balaban J connectivity index is 1.74. The molecule has 3 aromatic heterocycles. The van der Waals surface area contributed by atoms with Gasteiger partial charge in [-0.2, -0.15) is 23.7 Å². The van der Waals surface area contributed by atoms with Crippen LogP contribution in [0.15, 0.2) is 65.7 Å². The van der Waals surface area contributed by atoms with Crippen LogP contribution in [-0.4, -0.2) is 30.7 Å². The molecule has 0 radical (unpaired) electrons. The van der Waals surface area contributed by atoms with Crippen molar-refractivity contribution >= 4 is 21.9 Å². The first kappa shape index (κ1) is 21.8. The summed E-state index contributed by atoms with van der Waals surface area (Å²) < 4.78 is 34.8. The summed E-state index contributed by atoms with van der Waals surface area (Å²) in [6.07, 6.45) is 3.80. The second-order valence-electron chi connectivity index (χ2n) is 8.64. The van der Waals surface area contributed by atoms with E-state index in [0.717, 1.165) is 10.9 Å². The maximum Gasteiger partial charge on any atom is 0.387 e. The van der Waals surface area contributed by atoms with Crippen molar-refractivity contribution in [2.45, 2.75) is 27.0 Å². The lowest BCUT2D eigenvalue weighted by Gasteiger charge is -2.14. The van der Waals surface area contributed by atoms with Gasteiger partial charge in [-0.3, -0.25) is 9.48 Å². The molecule has 0 bridgehead atoms. The SMILES string of the molecule is CC(C)Cn1ccc2nn(-c3ccc4nn(C)cc4c3)c(=O)c(-c3ccc(OC(F)F)cc3)c21. The summed E-state index contributed by atoms with van der Waals surface area (Å²) in [6, 6.07) is 13.5. The number of aryl methyl sites for hydroxylation is 1. The molecule has 0 aliphatic rings. The number of aromatic nitrogens is 5. The average molecular weight is 463 g/mol. The number of benzene rings is 2. The van der Waals surface area contributed by atoms with Crippen LogP contribution in [0.3, 0.4) is 0 Å². The number of hydrogen-bond acceptors (Lipinski definition) is 4. The molecule has 0 fully saturated rings. The third kappa shape index (κ3) is 3.93. The molecule has 174 valence electrons. The molecule has 34 heavy (non-hydrogen) atoms. The number of ether oxygens (including phenoxy) is 1. The highest BCUT2D eigenvalue weighted by Crippen LogP contribution is 2.29. The maximum atomic E-state index is 13.8. The largest absolute Gasteiger partial charge is 0.435 e. The average Bonchev–Trinajstić information content (AvgIpc) is 3.35. The first-order chi connectivity index (χ1) is 16.3. The van der Waals surface area contributed by atoms with Crippen LogP contribution in [0, 0.1) is 5.92 Å². The second kappa shape index (κ2) is 8.40. The van der Waals surface area contributed by atoms with Crippen LogP contribution in [0.1, 0.15) is 13.8 Å². The molecule has 7 nitrogen and oxygen atoms in total. The zero-order chi connectivity index (χ0) is 24.0. The normalized spacial score (nSPS) is 11.9. The minimum atomic E-state index is -2.92. The fraction of sp³-hybridized carbons (Fsp3) is 0.240. The predicted molar refractivity (Wildman–Crippen MR) is 127 cm³/mol. The summed E-state index contributed by atoms with van der Waals surface area (Å²) in [5.41, 5.74) is 3.54. The van der Waals surface area contributed by atoms with E-state index in [-0.39, 0.29) is 11.3 Å². The number of fused-ring (bicyclic) bond motifs is 2. The Morgan fingerprint density at radius 2 is 1.76 bits per heavy atom. The van der Waals surface area contributed by atoms with Crippen molar-refractivity contribution in [2.24, 2.45) is 13.0 Å². The quantitative estimate of drug-likeness (QED) is 0.356. The van der Waals surface area contributed by atoms with Gasteiger partial charge in [0.2, 0.25) is 0 Å². The zero-order valence-corrected chi connectivity index (χ0v) is 18.9. The Bertz CT molecular complexity index is 1550. The van der Waals surface area contributed by atoms with E-state index in [9.17, 15) is 13.6 Å². The van der Waals surface area contributed by atoms with Gasteiger partial charge in [-0.15, -0.1) is 0 Å². The molecule has 0 aliphatic carbocycles. The second-order valence-corrected chi connectivity index (χ2v) is 8.64. The smallest absolute Gasteiger partial charge is 0.387 e. The molecule has 0 aliphatic heterocycles. The van der Waals surface area contributed by atoms with Gasteiger partial charge in [0.1, 0.15) is 11.3 Å². The van der Waals surface area contributed by atoms with Crippen molar-refractivity contribution in [1.82, 2.24) is 24.1 Å². The fourth-order valence-corrected chi connectivity index (χ4v) is 4.23. The Morgan fingerprint density at radius 3 is 2.47 bits per heavy atom. The van der Waals surface area contributed by atoms with Gasteiger partial charge in [-0.1, -0.05) is 26.0 Å². The lowest BCUT2D eigenvalue weighted by Crippen LogP contribution is -2.24. The van der Waals surface area contributed by atoms with E-state index in [1.807, 2.05) is 48.3 Å². The lowest BCUT2D eigenvalue weighted by molar-refractivity contribution is -0.0498. The lowest BCUT2D eigenvalue weighted by atomic mass is 10.1. The monoisotopic (exact) mass is 463 g/mol. The van der Waals surface area contributed by atoms with Gasteiger partial charge in [0.25, 0.3) is 5.56 Å². The highest BCUT2D eigenvalue weighted by Gasteiger charge is 2.19. The third-order valence-corrected chi connectivity index (χ3v) is 5.57. The molecule has 0 N–H and O–H groups in total. The molecule has 0 unspecified atom stereocenters. The number of halogens is 2. The van der Waals surface area contributed by atoms with E-state index >= 15 is 0 Å². The van der Waals surface area contributed by atoms with Crippen molar-refractivity contribution in [3.8, 4) is 22.6 Å². The van der Waals surface area contributed by atoms with Crippen LogP contribution in [0.2, 0.25) is 0 Å². The van der Waals surface area contributed by atoms with E-state index in [2.05, 4.69) is 28.8 Å². The van der Waals surface area contributed by atoms with Gasteiger partial charge in [-0.05, 0) is 47.9 Å². The molecule has 0 saturated heterocycles. The number of hydrogen-bond donors (Lipinski definition) is 0. The van der Waals surface area contributed by atoms with E-state index in [0.29, 0.717) is 40.3 Å². The van der Waals surface area contributed by atoms with Crippen LogP contribution in [-0.2, 0) is 13.6 Å². The highest BCUT2D eigenvalue weighted by atomic mass is 19.3. The van der Waals surface area contributed by atoms with Gasteiger partial charge in [-0.25, -0.2) is 0 Å². The highest BCUT2D eigenvalue weighted by molar-refractivity contribution is 5.92. The van der Waals surface area contributed by atoms with Gasteiger partial charge >= 0.3 is 6.61 Å². The standard InChI is InChI=1S/C25H23F2N5O2/c1-15(2)13-31-11-10-21-23(31)22(16-4-7-19(8-5-16)34-25(26)27)24(33)32(29-21)18-6-9-20-17(12-18)14-30(3)28-20/h4-12,14-15,25H,13H2,1-3H3. The van der Waals surface area contributed by atoms with Gasteiger partial charge in [0.15, 0.2) is 0 Å². The van der Waals surface area contributed by atoms with E-state index in [1.165, 1.54) is 16.8 Å². The molecule has 0 atom stereocenters. The summed E-state index contributed by atoms with van der Waals surface area (Å²) in [5.74, 6) is 0.379. The topological polar surface area (TPSA) is 66.9 Å². The maximum absolute atomic E-state index is 13.8. The molecule has 0 spiro atoms. The zero-order valence-electron chi connectivity index (χ0n) is 18.9. The minimum Gasteiger partial charge on any atom is -0.435 e. The fourth-order valence-electron chi connectivity index (χ4n) is 4.23. The molecule has 9 heteroatoms. The number of alkyl halides is 2. The van der Waals surface area contributed by atoms with Crippen LogP contribution >= 0.6 is 0 Å². The minimum absolute atomic E-state index is 0.0315. The summed E-state index contributed by atoms with van der Waals surface area (Å²) in [4.78, 5) is 13.8. The van der Waals surface area contributed by atoms with Gasteiger partial charge in [0.05, 0.1) is 22.3 Å². The first-order valence-electron chi connectivity index (χ1n) is 10.9. The van der Waals surface area contributed by atoms with Crippen molar-refractivity contribution in [3.63, 3.8) is 0 Å².